The van der Waals surface area contributed by atoms with Gasteiger partial charge in [-0.2, -0.15) is 5.48 Å². The van der Waals surface area contributed by atoms with Crippen molar-refractivity contribution in [3.63, 3.8) is 0 Å². The number of nitrogens with one attached hydrogen (secondary N) is 1. The Balaban J connectivity index is 1.84. The van der Waals surface area contributed by atoms with Crippen LogP contribution in [-0.4, -0.2) is 6.10 Å². The Bertz CT molecular complexity index is 536. The van der Waals surface area contributed by atoms with Crippen molar-refractivity contribution in [3.8, 4) is 0 Å². The predicted octanol–water partition coefficient (Wildman–Crippen LogP) is 4.98. The molecule has 2 nitrogen and oxygen atoms in total. The van der Waals surface area contributed by atoms with Crippen LogP contribution in [0, 0.1) is 0 Å². The molecule has 0 bridgehead atoms. The first-order valence-corrected chi connectivity index (χ1v) is 8.04. The lowest BCUT2D eigenvalue weighted by molar-refractivity contribution is -0.00781. The summed E-state index contributed by atoms with van der Waals surface area (Å²) in [6.07, 6.45) is 7.74. The van der Waals surface area contributed by atoms with Crippen molar-refractivity contribution in [1.82, 2.24) is 5.48 Å². The molecule has 116 valence electrons. The van der Waals surface area contributed by atoms with Crippen LogP contribution in [0.25, 0.3) is 6.08 Å². The molecule has 0 aromatic heterocycles. The van der Waals surface area contributed by atoms with Crippen LogP contribution in [0.4, 0.5) is 0 Å². The van der Waals surface area contributed by atoms with Crippen molar-refractivity contribution in [2.75, 3.05) is 0 Å². The van der Waals surface area contributed by atoms with E-state index in [0.717, 1.165) is 19.4 Å². The van der Waals surface area contributed by atoms with Gasteiger partial charge in [0.2, 0.25) is 0 Å². The molecule has 0 heterocycles. The molecule has 0 spiro atoms. The Morgan fingerprint density at radius 1 is 1.00 bits per heavy atom. The van der Waals surface area contributed by atoms with Gasteiger partial charge in [-0.15, -0.1) is 0 Å². The standard InChI is InChI=1S/C20H25NO/c1-2-3-14-20(16-15-18-10-6-4-7-11-18)22-21-17-19-12-8-5-9-13-19/h4-13,15-16,20-21H,2-3,14,17H2,1H3/b16-15+. The third-order valence-corrected chi connectivity index (χ3v) is 3.50. The molecule has 0 aliphatic heterocycles. The summed E-state index contributed by atoms with van der Waals surface area (Å²) in [5, 5.41) is 0. The number of rotatable bonds is 9. The summed E-state index contributed by atoms with van der Waals surface area (Å²) < 4.78 is 0. The van der Waals surface area contributed by atoms with Crippen LogP contribution in [0.3, 0.4) is 0 Å². The van der Waals surface area contributed by atoms with E-state index >= 15 is 0 Å². The first kappa shape index (κ1) is 16.5. The van der Waals surface area contributed by atoms with Crippen LogP contribution in [0.1, 0.15) is 37.3 Å². The van der Waals surface area contributed by atoms with E-state index in [2.05, 4.69) is 61.0 Å². The Kier molecular flexibility index (Phi) is 7.44. The molecule has 1 atom stereocenters. The first-order chi connectivity index (χ1) is 10.9. The highest BCUT2D eigenvalue weighted by Crippen LogP contribution is 2.09. The quantitative estimate of drug-likeness (QED) is 0.659. The smallest absolute Gasteiger partial charge is 0.0974 e. The average molecular weight is 295 g/mol. The Labute approximate surface area is 133 Å². The summed E-state index contributed by atoms with van der Waals surface area (Å²) in [5.74, 6) is 0. The lowest BCUT2D eigenvalue weighted by Crippen LogP contribution is -2.22. The van der Waals surface area contributed by atoms with Gasteiger partial charge in [0, 0.05) is 6.54 Å². The van der Waals surface area contributed by atoms with Crippen LogP contribution in [0.5, 0.6) is 0 Å². The van der Waals surface area contributed by atoms with Crippen molar-refractivity contribution in [1.29, 1.82) is 0 Å². The first-order valence-electron chi connectivity index (χ1n) is 8.04. The minimum Gasteiger partial charge on any atom is -0.294 e. The molecular formula is C20H25NO. The summed E-state index contributed by atoms with van der Waals surface area (Å²) in [6, 6.07) is 20.6. The van der Waals surface area contributed by atoms with Crippen molar-refractivity contribution < 1.29 is 4.84 Å². The van der Waals surface area contributed by atoms with Crippen molar-refractivity contribution >= 4 is 6.08 Å². The number of hydrogen-bond acceptors (Lipinski definition) is 2. The van der Waals surface area contributed by atoms with E-state index < -0.39 is 0 Å². The maximum absolute atomic E-state index is 5.83. The number of hydrogen-bond donors (Lipinski definition) is 1. The van der Waals surface area contributed by atoms with Crippen LogP contribution in [-0.2, 0) is 11.4 Å². The molecule has 0 aliphatic carbocycles. The molecule has 2 aromatic rings. The summed E-state index contributed by atoms with van der Waals surface area (Å²) in [5.41, 5.74) is 5.53. The van der Waals surface area contributed by atoms with Crippen LogP contribution in [0.2, 0.25) is 0 Å². The Morgan fingerprint density at radius 2 is 1.68 bits per heavy atom. The van der Waals surface area contributed by atoms with Gasteiger partial charge in [0.25, 0.3) is 0 Å². The largest absolute Gasteiger partial charge is 0.294 e. The molecule has 2 aromatic carbocycles. The molecule has 22 heavy (non-hydrogen) atoms. The van der Waals surface area contributed by atoms with Crippen molar-refractivity contribution in [2.24, 2.45) is 0 Å². The van der Waals surface area contributed by atoms with Gasteiger partial charge in [0.15, 0.2) is 0 Å². The average Bonchev–Trinajstić information content (AvgIpc) is 2.58. The lowest BCUT2D eigenvalue weighted by atomic mass is 10.1. The summed E-state index contributed by atoms with van der Waals surface area (Å²) in [6.45, 7) is 2.93. The highest BCUT2D eigenvalue weighted by atomic mass is 16.7. The van der Waals surface area contributed by atoms with E-state index in [4.69, 9.17) is 4.84 Å². The third kappa shape index (κ3) is 6.25. The molecule has 1 unspecified atom stereocenters. The minimum atomic E-state index is 0.101. The molecule has 2 heteroatoms. The second-order valence-corrected chi connectivity index (χ2v) is 5.38. The normalized spacial score (nSPS) is 12.6. The van der Waals surface area contributed by atoms with Crippen molar-refractivity contribution in [3.05, 3.63) is 77.9 Å². The van der Waals surface area contributed by atoms with E-state index in [1.54, 1.807) is 0 Å². The van der Waals surface area contributed by atoms with E-state index in [1.807, 2.05) is 24.3 Å². The fraction of sp³-hybridized carbons (Fsp3) is 0.300. The van der Waals surface area contributed by atoms with Gasteiger partial charge in [-0.1, -0.05) is 92.6 Å². The van der Waals surface area contributed by atoms with E-state index in [9.17, 15) is 0 Å². The second kappa shape index (κ2) is 9.93. The van der Waals surface area contributed by atoms with Crippen molar-refractivity contribution in [2.45, 2.75) is 38.8 Å². The molecule has 0 saturated heterocycles. The third-order valence-electron chi connectivity index (χ3n) is 3.50. The summed E-state index contributed by atoms with van der Waals surface area (Å²) in [4.78, 5) is 5.83. The summed E-state index contributed by atoms with van der Waals surface area (Å²) in [7, 11) is 0. The molecule has 1 N–H and O–H groups in total. The molecule has 0 amide bonds. The predicted molar refractivity (Wildman–Crippen MR) is 93.2 cm³/mol. The van der Waals surface area contributed by atoms with E-state index in [1.165, 1.54) is 17.5 Å². The van der Waals surface area contributed by atoms with Gasteiger partial charge < -0.3 is 0 Å². The minimum absolute atomic E-state index is 0.101. The lowest BCUT2D eigenvalue weighted by Gasteiger charge is -2.14. The summed E-state index contributed by atoms with van der Waals surface area (Å²) >= 11 is 0. The topological polar surface area (TPSA) is 21.3 Å². The monoisotopic (exact) mass is 295 g/mol. The molecule has 2 rings (SSSR count). The zero-order valence-corrected chi connectivity index (χ0v) is 13.2. The molecule has 0 fully saturated rings. The van der Waals surface area contributed by atoms with Crippen LogP contribution in [0.15, 0.2) is 66.7 Å². The number of benzene rings is 2. The van der Waals surface area contributed by atoms with Gasteiger partial charge in [0.1, 0.15) is 0 Å². The van der Waals surface area contributed by atoms with Gasteiger partial charge in [0.05, 0.1) is 6.10 Å². The van der Waals surface area contributed by atoms with Crippen LogP contribution < -0.4 is 5.48 Å². The molecular weight excluding hydrogens is 270 g/mol. The highest BCUT2D eigenvalue weighted by Gasteiger charge is 2.04. The zero-order valence-electron chi connectivity index (χ0n) is 13.2. The molecule has 0 radical (unpaired) electrons. The molecule has 0 aliphatic rings. The number of unbranched alkanes of at least 4 members (excludes halogenated alkanes) is 1. The van der Waals surface area contributed by atoms with Gasteiger partial charge in [-0.05, 0) is 17.5 Å². The SMILES string of the molecule is CCCCC(/C=C/c1ccccc1)ONCc1ccccc1. The zero-order chi connectivity index (χ0) is 15.5. The van der Waals surface area contributed by atoms with Gasteiger partial charge in [-0.3, -0.25) is 4.84 Å². The highest BCUT2D eigenvalue weighted by molar-refractivity contribution is 5.49. The molecule has 0 saturated carbocycles. The fourth-order valence-electron chi connectivity index (χ4n) is 2.21. The van der Waals surface area contributed by atoms with E-state index in [0.29, 0.717) is 0 Å². The Hall–Kier alpha value is -1.90. The van der Waals surface area contributed by atoms with Gasteiger partial charge in [-0.25, -0.2) is 0 Å². The number of hydroxylamine groups is 1. The maximum atomic E-state index is 5.83. The van der Waals surface area contributed by atoms with Gasteiger partial charge >= 0.3 is 0 Å². The fourth-order valence-corrected chi connectivity index (χ4v) is 2.21. The maximum Gasteiger partial charge on any atom is 0.0974 e. The van der Waals surface area contributed by atoms with Crippen LogP contribution >= 0.6 is 0 Å². The Morgan fingerprint density at radius 3 is 2.36 bits per heavy atom. The van der Waals surface area contributed by atoms with E-state index in [-0.39, 0.29) is 6.10 Å². The second-order valence-electron chi connectivity index (χ2n) is 5.38.